The first-order chi connectivity index (χ1) is 13.3. The predicted molar refractivity (Wildman–Crippen MR) is 107 cm³/mol. The number of hydrogen-bond donors (Lipinski definition) is 0. The van der Waals surface area contributed by atoms with Gasteiger partial charge < -0.3 is 4.57 Å². The maximum absolute atomic E-state index is 14.0. The average Bonchev–Trinajstić information content (AvgIpc) is 3.22. The van der Waals surface area contributed by atoms with Gasteiger partial charge in [-0.1, -0.05) is 23.9 Å². The topological polar surface area (TPSA) is 43.6 Å². The van der Waals surface area contributed by atoms with Crippen LogP contribution in [-0.4, -0.2) is 19.7 Å². The second kappa shape index (κ2) is 7.05. The van der Waals surface area contributed by atoms with Crippen molar-refractivity contribution in [3.8, 4) is 0 Å². The molecule has 4 aromatic rings. The van der Waals surface area contributed by atoms with Gasteiger partial charge in [-0.25, -0.2) is 4.39 Å². The summed E-state index contributed by atoms with van der Waals surface area (Å²) in [7, 11) is 0. The molecule has 0 radical (unpaired) electrons. The van der Waals surface area contributed by atoms with Crippen molar-refractivity contribution < 1.29 is 4.39 Å². The van der Waals surface area contributed by atoms with Crippen molar-refractivity contribution in [2.75, 3.05) is 0 Å². The number of thioether (sulfide) groups is 1. The second-order valence-corrected chi connectivity index (χ2v) is 8.66. The second-order valence-electron chi connectivity index (χ2n) is 6.68. The summed E-state index contributed by atoms with van der Waals surface area (Å²) in [5, 5.41) is 12.7. The highest BCUT2D eigenvalue weighted by Crippen LogP contribution is 2.40. The van der Waals surface area contributed by atoms with Gasteiger partial charge in [-0.3, -0.25) is 4.98 Å². The Morgan fingerprint density at radius 2 is 2.11 bits per heavy atom. The Morgan fingerprint density at radius 1 is 1.19 bits per heavy atom. The molecule has 0 bridgehead atoms. The zero-order valence-electron chi connectivity index (χ0n) is 14.5. The highest BCUT2D eigenvalue weighted by molar-refractivity contribution is 7.98. The minimum atomic E-state index is -0.229. The molecule has 5 rings (SSSR count). The first-order valence-corrected chi connectivity index (χ1v) is 10.8. The van der Waals surface area contributed by atoms with Crippen LogP contribution in [0.25, 0.3) is 10.9 Å². The summed E-state index contributed by atoms with van der Waals surface area (Å²) >= 11 is 3.35. The van der Waals surface area contributed by atoms with Crippen molar-refractivity contribution in [2.24, 2.45) is 0 Å². The van der Waals surface area contributed by atoms with Gasteiger partial charge in [-0.15, -0.1) is 21.5 Å². The molecule has 136 valence electrons. The van der Waals surface area contributed by atoms with Gasteiger partial charge in [0.2, 0.25) is 0 Å². The van der Waals surface area contributed by atoms with Crippen molar-refractivity contribution >= 4 is 34.0 Å². The van der Waals surface area contributed by atoms with Gasteiger partial charge in [0.05, 0.1) is 5.52 Å². The third kappa shape index (κ3) is 3.49. The van der Waals surface area contributed by atoms with Gasteiger partial charge in [-0.2, -0.15) is 0 Å². The van der Waals surface area contributed by atoms with Gasteiger partial charge in [0.25, 0.3) is 0 Å². The highest BCUT2D eigenvalue weighted by Gasteiger charge is 2.29. The molecule has 3 aromatic heterocycles. The predicted octanol–water partition coefficient (Wildman–Crippen LogP) is 5.24. The fraction of sp³-hybridized carbons (Fsp3) is 0.250. The van der Waals surface area contributed by atoms with E-state index in [1.165, 1.54) is 23.8 Å². The van der Waals surface area contributed by atoms with Crippen LogP contribution in [0.2, 0.25) is 0 Å². The van der Waals surface area contributed by atoms with E-state index in [9.17, 15) is 4.39 Å². The fourth-order valence-electron chi connectivity index (χ4n) is 3.27. The van der Waals surface area contributed by atoms with Crippen molar-refractivity contribution in [3.63, 3.8) is 0 Å². The lowest BCUT2D eigenvalue weighted by Gasteiger charge is -2.09. The number of halogens is 1. The van der Waals surface area contributed by atoms with Gasteiger partial charge in [0, 0.05) is 34.7 Å². The number of hydrogen-bond acceptors (Lipinski definition) is 5. The molecular weight excluding hydrogens is 379 g/mol. The summed E-state index contributed by atoms with van der Waals surface area (Å²) in [5.41, 5.74) is 1.74. The highest BCUT2D eigenvalue weighted by atomic mass is 32.2. The van der Waals surface area contributed by atoms with Gasteiger partial charge in [0.15, 0.2) is 5.16 Å². The monoisotopic (exact) mass is 396 g/mol. The normalized spacial score (nSPS) is 14.1. The molecule has 1 aliphatic carbocycles. The molecule has 0 amide bonds. The van der Waals surface area contributed by atoms with Crippen LogP contribution < -0.4 is 0 Å². The molecule has 0 atom stereocenters. The quantitative estimate of drug-likeness (QED) is 0.418. The van der Waals surface area contributed by atoms with E-state index in [-0.39, 0.29) is 5.82 Å². The Labute approximate surface area is 164 Å². The maximum atomic E-state index is 14.0. The van der Waals surface area contributed by atoms with Crippen LogP contribution in [-0.2, 0) is 12.2 Å². The molecule has 7 heteroatoms. The van der Waals surface area contributed by atoms with Gasteiger partial charge in [-0.05, 0) is 48.1 Å². The first kappa shape index (κ1) is 16.9. The van der Waals surface area contributed by atoms with E-state index in [4.69, 9.17) is 0 Å². The largest absolute Gasteiger partial charge is 0.303 e. The number of benzene rings is 1. The van der Waals surface area contributed by atoms with Gasteiger partial charge in [0.1, 0.15) is 11.6 Å². The summed E-state index contributed by atoms with van der Waals surface area (Å²) in [6.45, 7) is 0. The summed E-state index contributed by atoms with van der Waals surface area (Å²) < 4.78 is 16.3. The molecule has 0 aliphatic heterocycles. The molecule has 27 heavy (non-hydrogen) atoms. The van der Waals surface area contributed by atoms with Crippen molar-refractivity contribution in [3.05, 3.63) is 70.1 Å². The van der Waals surface area contributed by atoms with E-state index in [1.807, 2.05) is 12.1 Å². The molecule has 1 fully saturated rings. The van der Waals surface area contributed by atoms with Crippen LogP contribution in [0.3, 0.4) is 0 Å². The number of fused-ring (bicyclic) bond motifs is 1. The number of nitrogens with zero attached hydrogens (tertiary/aromatic N) is 4. The molecule has 1 saturated carbocycles. The SMILES string of the molecule is Fc1cc(CSc2nnc(Cc3cccs3)n2C2CC2)c2ncccc2c1. The molecule has 4 nitrogen and oxygen atoms in total. The molecular formula is C20H17FN4S2. The van der Waals surface area contributed by atoms with Crippen molar-refractivity contribution in [1.29, 1.82) is 0 Å². The van der Waals surface area contributed by atoms with Crippen LogP contribution in [0.4, 0.5) is 4.39 Å². The van der Waals surface area contributed by atoms with E-state index < -0.39 is 0 Å². The smallest absolute Gasteiger partial charge is 0.191 e. The lowest BCUT2D eigenvalue weighted by molar-refractivity contribution is 0.628. The summed E-state index contributed by atoms with van der Waals surface area (Å²) in [6.07, 6.45) is 4.91. The standard InChI is InChI=1S/C20H17FN4S2/c21-15-9-13-3-1-7-22-19(13)14(10-15)12-27-20-24-23-18(25(20)16-5-6-16)11-17-4-2-8-26-17/h1-4,7-10,16H,5-6,11-12H2. The molecule has 3 heterocycles. The third-order valence-corrected chi connectivity index (χ3v) is 6.53. The zero-order chi connectivity index (χ0) is 18.2. The molecule has 0 unspecified atom stereocenters. The van der Waals surface area contributed by atoms with Crippen LogP contribution in [0.1, 0.15) is 35.1 Å². The minimum Gasteiger partial charge on any atom is -0.303 e. The number of rotatable bonds is 6. The van der Waals surface area contributed by atoms with Crippen LogP contribution in [0.15, 0.2) is 53.1 Å². The molecule has 0 N–H and O–H groups in total. The van der Waals surface area contributed by atoms with Crippen LogP contribution in [0.5, 0.6) is 0 Å². The van der Waals surface area contributed by atoms with E-state index in [0.717, 1.165) is 33.9 Å². The summed E-state index contributed by atoms with van der Waals surface area (Å²) in [5.74, 6) is 1.41. The molecule has 0 spiro atoms. The Morgan fingerprint density at radius 3 is 2.93 bits per heavy atom. The Balaban J connectivity index is 1.43. The van der Waals surface area contributed by atoms with Crippen LogP contribution in [0, 0.1) is 5.82 Å². The number of pyridine rings is 1. The van der Waals surface area contributed by atoms with Gasteiger partial charge >= 0.3 is 0 Å². The Bertz CT molecular complexity index is 1090. The first-order valence-electron chi connectivity index (χ1n) is 8.90. The summed E-state index contributed by atoms with van der Waals surface area (Å²) in [6, 6.07) is 11.5. The Kier molecular flexibility index (Phi) is 4.41. The molecule has 1 aliphatic rings. The van der Waals surface area contributed by atoms with E-state index >= 15 is 0 Å². The third-order valence-electron chi connectivity index (χ3n) is 4.66. The number of thiophene rings is 1. The number of aromatic nitrogens is 4. The average molecular weight is 397 g/mol. The van der Waals surface area contributed by atoms with Crippen molar-refractivity contribution in [1.82, 2.24) is 19.7 Å². The maximum Gasteiger partial charge on any atom is 0.191 e. The lowest BCUT2D eigenvalue weighted by Crippen LogP contribution is -2.03. The van der Waals surface area contributed by atoms with Crippen molar-refractivity contribution in [2.45, 2.75) is 36.2 Å². The van der Waals surface area contributed by atoms with Crippen LogP contribution >= 0.6 is 23.1 Å². The van der Waals surface area contributed by atoms with E-state index in [0.29, 0.717) is 11.8 Å². The Hall–Kier alpha value is -2.25. The van der Waals surface area contributed by atoms with E-state index in [1.54, 1.807) is 35.4 Å². The van der Waals surface area contributed by atoms with E-state index in [2.05, 4.69) is 37.3 Å². The molecule has 0 saturated heterocycles. The summed E-state index contributed by atoms with van der Waals surface area (Å²) in [4.78, 5) is 5.73. The molecule has 1 aromatic carbocycles. The minimum absolute atomic E-state index is 0.229. The fourth-order valence-corrected chi connectivity index (χ4v) is 4.97. The zero-order valence-corrected chi connectivity index (χ0v) is 16.1. The lowest BCUT2D eigenvalue weighted by atomic mass is 10.1.